The highest BCUT2D eigenvalue weighted by Crippen LogP contribution is 2.36. The molecule has 0 saturated heterocycles. The van der Waals surface area contributed by atoms with Gasteiger partial charge in [-0.2, -0.15) is 0 Å². The number of para-hydroxylation sites is 1. The number of hydrogen-bond donors (Lipinski definition) is 1. The number of ether oxygens (including phenoxy) is 2. The van der Waals surface area contributed by atoms with Gasteiger partial charge in [-0.25, -0.2) is 0 Å². The first-order valence-corrected chi connectivity index (χ1v) is 10.8. The average molecular weight is 420 g/mol. The zero-order valence-corrected chi connectivity index (χ0v) is 18.0. The van der Waals surface area contributed by atoms with Gasteiger partial charge in [0.15, 0.2) is 0 Å². The second-order valence-electron chi connectivity index (χ2n) is 7.88. The van der Waals surface area contributed by atoms with Gasteiger partial charge < -0.3 is 14.5 Å². The van der Waals surface area contributed by atoms with Gasteiger partial charge in [-0.15, -0.1) is 0 Å². The first kappa shape index (κ1) is 20.0. The van der Waals surface area contributed by atoms with Crippen molar-refractivity contribution in [2.45, 2.75) is 20.1 Å². The first-order valence-electron chi connectivity index (χ1n) is 10.8. The Labute approximate surface area is 188 Å². The van der Waals surface area contributed by atoms with E-state index in [0.717, 1.165) is 44.8 Å². The van der Waals surface area contributed by atoms with Crippen molar-refractivity contribution in [1.29, 1.82) is 0 Å². The Morgan fingerprint density at radius 2 is 1.28 bits per heavy atom. The Kier molecular flexibility index (Phi) is 5.63. The highest BCUT2D eigenvalue weighted by atomic mass is 16.5. The van der Waals surface area contributed by atoms with Gasteiger partial charge in [0, 0.05) is 16.5 Å². The SMILES string of the molecule is Cc1c(-c2ccccc2OCc2ccccc2)[nH]c2ccc(OCc3ccccc3)cc12. The first-order chi connectivity index (χ1) is 15.8. The van der Waals surface area contributed by atoms with E-state index in [1.165, 1.54) is 5.56 Å². The Hall–Kier alpha value is -3.98. The minimum absolute atomic E-state index is 0.536. The molecule has 0 amide bonds. The van der Waals surface area contributed by atoms with Crippen LogP contribution in [0.2, 0.25) is 0 Å². The summed E-state index contributed by atoms with van der Waals surface area (Å²) in [6.07, 6.45) is 0. The summed E-state index contributed by atoms with van der Waals surface area (Å²) < 4.78 is 12.2. The van der Waals surface area contributed by atoms with Crippen LogP contribution in [0.1, 0.15) is 16.7 Å². The summed E-state index contributed by atoms with van der Waals surface area (Å²) in [5.41, 5.74) is 6.70. The molecule has 0 fully saturated rings. The van der Waals surface area contributed by atoms with E-state index < -0.39 is 0 Å². The van der Waals surface area contributed by atoms with E-state index in [4.69, 9.17) is 9.47 Å². The molecule has 0 unspecified atom stereocenters. The molecule has 5 rings (SSSR count). The highest BCUT2D eigenvalue weighted by molar-refractivity contribution is 5.92. The Morgan fingerprint density at radius 3 is 2.00 bits per heavy atom. The zero-order chi connectivity index (χ0) is 21.8. The number of aryl methyl sites for hydroxylation is 1. The fraction of sp³-hybridized carbons (Fsp3) is 0.103. The van der Waals surface area contributed by atoms with Gasteiger partial charge in [0.25, 0.3) is 0 Å². The molecule has 0 aliphatic rings. The van der Waals surface area contributed by atoms with Crippen LogP contribution in [-0.4, -0.2) is 4.98 Å². The molecule has 1 N–H and O–H groups in total. The van der Waals surface area contributed by atoms with Crippen LogP contribution in [0, 0.1) is 6.92 Å². The number of rotatable bonds is 7. The summed E-state index contributed by atoms with van der Waals surface area (Å²) in [6.45, 7) is 3.23. The molecule has 1 aromatic heterocycles. The van der Waals surface area contributed by atoms with Crippen molar-refractivity contribution in [1.82, 2.24) is 4.98 Å². The number of nitrogens with one attached hydrogen (secondary N) is 1. The topological polar surface area (TPSA) is 34.2 Å². The number of aromatic nitrogens is 1. The number of benzene rings is 4. The van der Waals surface area contributed by atoms with Crippen LogP contribution >= 0.6 is 0 Å². The number of fused-ring (bicyclic) bond motifs is 1. The van der Waals surface area contributed by atoms with Crippen LogP contribution in [-0.2, 0) is 13.2 Å². The lowest BCUT2D eigenvalue weighted by Crippen LogP contribution is -1.97. The summed E-state index contributed by atoms with van der Waals surface area (Å²) in [5, 5.41) is 1.16. The molecule has 4 aromatic carbocycles. The van der Waals surface area contributed by atoms with Gasteiger partial charge in [0.1, 0.15) is 24.7 Å². The minimum atomic E-state index is 0.536. The Morgan fingerprint density at radius 1 is 0.656 bits per heavy atom. The van der Waals surface area contributed by atoms with Crippen molar-refractivity contribution in [3.8, 4) is 22.8 Å². The molecule has 0 atom stereocenters. The third-order valence-corrected chi connectivity index (χ3v) is 5.67. The van der Waals surface area contributed by atoms with Crippen LogP contribution in [0.3, 0.4) is 0 Å². The summed E-state index contributed by atoms with van der Waals surface area (Å²) in [5.74, 6) is 1.73. The van der Waals surface area contributed by atoms with Gasteiger partial charge in [-0.05, 0) is 53.9 Å². The highest BCUT2D eigenvalue weighted by Gasteiger charge is 2.14. The van der Waals surface area contributed by atoms with E-state index in [2.05, 4.69) is 54.4 Å². The van der Waals surface area contributed by atoms with E-state index >= 15 is 0 Å². The van der Waals surface area contributed by atoms with E-state index in [1.54, 1.807) is 0 Å². The molecule has 3 nitrogen and oxygen atoms in total. The van der Waals surface area contributed by atoms with E-state index in [1.807, 2.05) is 60.7 Å². The lowest BCUT2D eigenvalue weighted by atomic mass is 10.1. The molecule has 0 radical (unpaired) electrons. The standard InChI is InChI=1S/C29H25NO2/c1-21-26-18-24(31-19-22-10-4-2-5-11-22)16-17-27(26)30-29(21)25-14-8-9-15-28(25)32-20-23-12-6-3-7-13-23/h2-18,30H,19-20H2,1H3. The fourth-order valence-electron chi connectivity index (χ4n) is 3.94. The second kappa shape index (κ2) is 9.03. The number of hydrogen-bond acceptors (Lipinski definition) is 2. The minimum Gasteiger partial charge on any atom is -0.489 e. The van der Waals surface area contributed by atoms with Crippen molar-refractivity contribution in [3.05, 3.63) is 120 Å². The van der Waals surface area contributed by atoms with Gasteiger partial charge in [-0.1, -0.05) is 72.8 Å². The predicted octanol–water partition coefficient (Wildman–Crippen LogP) is 7.30. The molecular weight excluding hydrogens is 394 g/mol. The van der Waals surface area contributed by atoms with Crippen LogP contribution in [0.4, 0.5) is 0 Å². The average Bonchev–Trinajstić information content (AvgIpc) is 3.18. The van der Waals surface area contributed by atoms with Crippen molar-refractivity contribution in [2.75, 3.05) is 0 Å². The zero-order valence-electron chi connectivity index (χ0n) is 18.0. The predicted molar refractivity (Wildman–Crippen MR) is 130 cm³/mol. The van der Waals surface area contributed by atoms with Crippen LogP contribution in [0.5, 0.6) is 11.5 Å². The molecule has 0 saturated carbocycles. The van der Waals surface area contributed by atoms with Crippen LogP contribution in [0.15, 0.2) is 103 Å². The smallest absolute Gasteiger partial charge is 0.129 e. The molecular formula is C29H25NO2. The molecule has 5 aromatic rings. The lowest BCUT2D eigenvalue weighted by Gasteiger charge is -2.11. The molecule has 1 heterocycles. The van der Waals surface area contributed by atoms with Gasteiger partial charge in [0.05, 0.1) is 5.69 Å². The molecule has 0 bridgehead atoms. The Balaban J connectivity index is 1.41. The van der Waals surface area contributed by atoms with E-state index in [-0.39, 0.29) is 0 Å². The maximum atomic E-state index is 6.20. The third-order valence-electron chi connectivity index (χ3n) is 5.67. The Bertz CT molecular complexity index is 1320. The third kappa shape index (κ3) is 4.23. The van der Waals surface area contributed by atoms with E-state index in [9.17, 15) is 0 Å². The quantitative estimate of drug-likeness (QED) is 0.300. The van der Waals surface area contributed by atoms with Crippen molar-refractivity contribution in [2.24, 2.45) is 0 Å². The number of aromatic amines is 1. The molecule has 158 valence electrons. The molecule has 3 heteroatoms. The molecule has 32 heavy (non-hydrogen) atoms. The van der Waals surface area contributed by atoms with Gasteiger partial charge >= 0.3 is 0 Å². The molecule has 0 spiro atoms. The van der Waals surface area contributed by atoms with Crippen molar-refractivity contribution < 1.29 is 9.47 Å². The molecule has 0 aliphatic carbocycles. The second-order valence-corrected chi connectivity index (χ2v) is 7.88. The molecule has 0 aliphatic heterocycles. The summed E-state index contributed by atoms with van der Waals surface area (Å²) in [6, 6.07) is 34.9. The summed E-state index contributed by atoms with van der Waals surface area (Å²) >= 11 is 0. The summed E-state index contributed by atoms with van der Waals surface area (Å²) in [4.78, 5) is 3.58. The van der Waals surface area contributed by atoms with Crippen LogP contribution in [0.25, 0.3) is 22.2 Å². The van der Waals surface area contributed by atoms with Crippen molar-refractivity contribution >= 4 is 10.9 Å². The number of H-pyrrole nitrogens is 1. The lowest BCUT2D eigenvalue weighted by molar-refractivity contribution is 0.306. The fourth-order valence-corrected chi connectivity index (χ4v) is 3.94. The largest absolute Gasteiger partial charge is 0.489 e. The van der Waals surface area contributed by atoms with Gasteiger partial charge in [0.2, 0.25) is 0 Å². The normalized spacial score (nSPS) is 10.9. The van der Waals surface area contributed by atoms with Crippen molar-refractivity contribution in [3.63, 3.8) is 0 Å². The monoisotopic (exact) mass is 419 g/mol. The van der Waals surface area contributed by atoms with Crippen LogP contribution < -0.4 is 9.47 Å². The maximum Gasteiger partial charge on any atom is 0.129 e. The maximum absolute atomic E-state index is 6.20. The van der Waals surface area contributed by atoms with Gasteiger partial charge in [-0.3, -0.25) is 0 Å². The van der Waals surface area contributed by atoms with E-state index in [0.29, 0.717) is 13.2 Å². The summed E-state index contributed by atoms with van der Waals surface area (Å²) in [7, 11) is 0.